The highest BCUT2D eigenvalue weighted by molar-refractivity contribution is 5.66. The molecule has 19 heavy (non-hydrogen) atoms. The van der Waals surface area contributed by atoms with E-state index in [0.717, 1.165) is 12.8 Å². The van der Waals surface area contributed by atoms with Crippen molar-refractivity contribution < 1.29 is 30.0 Å². The molecule has 0 unspecified atom stereocenters. The van der Waals surface area contributed by atoms with E-state index in [1.165, 1.54) is 0 Å². The van der Waals surface area contributed by atoms with Crippen LogP contribution in [0, 0.1) is 0 Å². The average Bonchev–Trinajstić information content (AvgIpc) is 2.34. The fourth-order valence-corrected chi connectivity index (χ4v) is 1.19. The number of hydrogen-bond acceptors (Lipinski definition) is 5. The van der Waals surface area contributed by atoms with Crippen molar-refractivity contribution >= 4 is 11.9 Å². The lowest BCUT2D eigenvalue weighted by Gasteiger charge is -1.96. The Kier molecular flexibility index (Phi) is 17.8. The highest BCUT2D eigenvalue weighted by Gasteiger charge is 1.98. The van der Waals surface area contributed by atoms with Gasteiger partial charge in [0.25, 0.3) is 0 Å². The van der Waals surface area contributed by atoms with Gasteiger partial charge in [-0.3, -0.25) is 9.59 Å². The van der Waals surface area contributed by atoms with Crippen LogP contribution in [0.2, 0.25) is 0 Å². The molecule has 0 aromatic heterocycles. The number of aliphatic hydroxyl groups excluding tert-OH is 2. The van der Waals surface area contributed by atoms with Gasteiger partial charge < -0.3 is 25.7 Å². The third-order valence-electron chi connectivity index (χ3n) is 2.11. The third kappa shape index (κ3) is 26.4. The third-order valence-corrected chi connectivity index (χ3v) is 2.11. The van der Waals surface area contributed by atoms with E-state index in [4.69, 9.17) is 20.4 Å². The molecule has 0 aliphatic heterocycles. The topological polar surface area (TPSA) is 127 Å². The molecule has 0 saturated carbocycles. The number of carboxylic acids is 2. The highest BCUT2D eigenvalue weighted by Crippen LogP contribution is 2.04. The molecule has 0 fully saturated rings. The van der Waals surface area contributed by atoms with E-state index in [9.17, 15) is 9.59 Å². The fraction of sp³-hybridized carbons (Fsp3) is 0.833. The quantitative estimate of drug-likeness (QED) is 0.338. The summed E-state index contributed by atoms with van der Waals surface area (Å²) in [6.45, 7) is 1.42. The van der Waals surface area contributed by atoms with Gasteiger partial charge in [0.2, 0.25) is 0 Å². The molecule has 0 aliphatic carbocycles. The van der Waals surface area contributed by atoms with Crippen molar-refractivity contribution in [2.75, 3.05) is 26.3 Å². The van der Waals surface area contributed by atoms with Crippen molar-refractivity contribution in [3.8, 4) is 0 Å². The van der Waals surface area contributed by atoms with E-state index in [1.807, 2.05) is 0 Å². The normalized spacial score (nSPS) is 9.58. The molecule has 7 heteroatoms. The Morgan fingerprint density at radius 1 is 0.737 bits per heavy atom. The van der Waals surface area contributed by atoms with Crippen LogP contribution in [0.25, 0.3) is 0 Å². The average molecular weight is 279 g/mol. The van der Waals surface area contributed by atoms with Crippen LogP contribution in [0.15, 0.2) is 0 Å². The summed E-state index contributed by atoms with van der Waals surface area (Å²) in [5.74, 6) is -1.57. The van der Waals surface area contributed by atoms with Crippen LogP contribution >= 0.6 is 0 Å². The van der Waals surface area contributed by atoms with Crippen molar-refractivity contribution in [2.45, 2.75) is 38.5 Å². The number of aliphatic carboxylic acids is 2. The Morgan fingerprint density at radius 3 is 1.37 bits per heavy atom. The summed E-state index contributed by atoms with van der Waals surface area (Å²) < 4.78 is 0. The Labute approximate surface area is 113 Å². The molecule has 0 rings (SSSR count). The number of carboxylic acid groups (broad SMARTS) is 2. The highest BCUT2D eigenvalue weighted by atomic mass is 16.4. The molecule has 5 N–H and O–H groups in total. The molecule has 0 atom stereocenters. The van der Waals surface area contributed by atoms with Crippen LogP contribution < -0.4 is 5.32 Å². The Morgan fingerprint density at radius 2 is 1.11 bits per heavy atom. The van der Waals surface area contributed by atoms with Gasteiger partial charge in [0.05, 0.1) is 13.2 Å². The van der Waals surface area contributed by atoms with Gasteiger partial charge in [-0.05, 0) is 12.8 Å². The zero-order chi connectivity index (χ0) is 14.9. The predicted octanol–water partition coefficient (Wildman–Crippen LogP) is 0.0568. The van der Waals surface area contributed by atoms with Crippen molar-refractivity contribution in [3.05, 3.63) is 0 Å². The zero-order valence-electron chi connectivity index (χ0n) is 11.2. The van der Waals surface area contributed by atoms with Gasteiger partial charge in [-0.25, -0.2) is 0 Å². The largest absolute Gasteiger partial charge is 0.481 e. The molecule has 114 valence electrons. The van der Waals surface area contributed by atoms with Gasteiger partial charge in [0.1, 0.15) is 0 Å². The second kappa shape index (κ2) is 16.8. The van der Waals surface area contributed by atoms with Gasteiger partial charge in [-0.1, -0.05) is 12.8 Å². The maximum absolute atomic E-state index is 10.0. The summed E-state index contributed by atoms with van der Waals surface area (Å²) >= 11 is 0. The molecular formula is C12H25NO6. The molecule has 0 heterocycles. The SMILES string of the molecule is O=C(O)CCCCCCC(=O)O.OCCNCCO. The lowest BCUT2D eigenvalue weighted by molar-refractivity contribution is -0.138. The van der Waals surface area contributed by atoms with Crippen molar-refractivity contribution in [3.63, 3.8) is 0 Å². The first-order chi connectivity index (χ1) is 9.04. The first kappa shape index (κ1) is 20.1. The van der Waals surface area contributed by atoms with Gasteiger partial charge in [0, 0.05) is 25.9 Å². The molecule has 0 aromatic rings. The minimum absolute atomic E-state index is 0.139. The molecule has 0 bridgehead atoms. The first-order valence-electron chi connectivity index (χ1n) is 6.40. The van der Waals surface area contributed by atoms with Crippen molar-refractivity contribution in [1.82, 2.24) is 5.32 Å². The molecule has 0 saturated heterocycles. The Balaban J connectivity index is 0. The van der Waals surface area contributed by atoms with Crippen LogP contribution in [0.4, 0.5) is 0 Å². The summed E-state index contributed by atoms with van der Waals surface area (Å²) in [5.41, 5.74) is 0. The fourth-order valence-electron chi connectivity index (χ4n) is 1.19. The maximum atomic E-state index is 10.0. The summed E-state index contributed by atoms with van der Waals surface area (Å²) in [5, 5.41) is 35.6. The number of rotatable bonds is 11. The van der Waals surface area contributed by atoms with E-state index in [-0.39, 0.29) is 26.1 Å². The van der Waals surface area contributed by atoms with Gasteiger partial charge in [-0.2, -0.15) is 0 Å². The van der Waals surface area contributed by atoms with Crippen LogP contribution in [-0.4, -0.2) is 58.7 Å². The smallest absolute Gasteiger partial charge is 0.303 e. The Hall–Kier alpha value is -1.18. The van der Waals surface area contributed by atoms with Crippen LogP contribution in [0.3, 0.4) is 0 Å². The van der Waals surface area contributed by atoms with Gasteiger partial charge >= 0.3 is 11.9 Å². The van der Waals surface area contributed by atoms with Crippen LogP contribution in [0.5, 0.6) is 0 Å². The molecular weight excluding hydrogens is 254 g/mol. The van der Waals surface area contributed by atoms with E-state index >= 15 is 0 Å². The monoisotopic (exact) mass is 279 g/mol. The van der Waals surface area contributed by atoms with Crippen LogP contribution in [0.1, 0.15) is 38.5 Å². The molecule has 0 amide bonds. The summed E-state index contributed by atoms with van der Waals surface area (Å²) in [6.07, 6.45) is 3.28. The Bertz CT molecular complexity index is 200. The number of hydrogen-bond donors (Lipinski definition) is 5. The molecule has 0 aromatic carbocycles. The zero-order valence-corrected chi connectivity index (χ0v) is 11.2. The summed E-state index contributed by atoms with van der Waals surface area (Å²) in [7, 11) is 0. The van der Waals surface area contributed by atoms with Gasteiger partial charge in [0.15, 0.2) is 0 Å². The van der Waals surface area contributed by atoms with E-state index < -0.39 is 11.9 Å². The lowest BCUT2D eigenvalue weighted by Crippen LogP contribution is -2.21. The lowest BCUT2D eigenvalue weighted by atomic mass is 10.1. The number of nitrogens with one attached hydrogen (secondary N) is 1. The van der Waals surface area contributed by atoms with Crippen molar-refractivity contribution in [2.24, 2.45) is 0 Å². The van der Waals surface area contributed by atoms with E-state index in [1.54, 1.807) is 0 Å². The first-order valence-corrected chi connectivity index (χ1v) is 6.40. The molecule has 7 nitrogen and oxygen atoms in total. The number of carbonyl (C=O) groups is 2. The summed E-state index contributed by atoms with van der Waals surface area (Å²) in [6, 6.07) is 0. The number of aliphatic hydroxyl groups is 2. The van der Waals surface area contributed by atoms with Crippen LogP contribution in [-0.2, 0) is 9.59 Å². The standard InChI is InChI=1S/C8H14O4.C4H11NO2/c9-7(10)5-3-1-2-4-6-8(11)12;6-3-1-5-2-4-7/h1-6H2,(H,9,10)(H,11,12);5-7H,1-4H2. The number of unbranched alkanes of at least 4 members (excludes halogenated alkanes) is 3. The van der Waals surface area contributed by atoms with Crippen molar-refractivity contribution in [1.29, 1.82) is 0 Å². The molecule has 0 spiro atoms. The molecule has 0 radical (unpaired) electrons. The second-order valence-electron chi connectivity index (χ2n) is 3.90. The minimum atomic E-state index is -0.784. The van der Waals surface area contributed by atoms with E-state index in [0.29, 0.717) is 25.9 Å². The predicted molar refractivity (Wildman–Crippen MR) is 70.0 cm³/mol. The second-order valence-corrected chi connectivity index (χ2v) is 3.90. The summed E-state index contributed by atoms with van der Waals surface area (Å²) in [4.78, 5) is 20.1. The minimum Gasteiger partial charge on any atom is -0.481 e. The van der Waals surface area contributed by atoms with E-state index in [2.05, 4.69) is 5.32 Å². The molecule has 0 aliphatic rings. The van der Waals surface area contributed by atoms with Gasteiger partial charge in [-0.15, -0.1) is 0 Å². The maximum Gasteiger partial charge on any atom is 0.303 e.